The molecule has 1 atom stereocenters. The van der Waals surface area contributed by atoms with E-state index < -0.39 is 0 Å². The van der Waals surface area contributed by atoms with Gasteiger partial charge in [0.15, 0.2) is 0 Å². The third-order valence-corrected chi connectivity index (χ3v) is 4.81. The summed E-state index contributed by atoms with van der Waals surface area (Å²) in [6.07, 6.45) is 0.761. The highest BCUT2D eigenvalue weighted by Crippen LogP contribution is 2.31. The number of likely N-dealkylation sites (N-methyl/N-ethyl adjacent to an activating group) is 1. The molecule has 2 aliphatic rings. The van der Waals surface area contributed by atoms with E-state index in [1.54, 1.807) is 4.90 Å². The number of carbonyl (C=O) groups excluding carboxylic acids is 1. The number of rotatable bonds is 3. The van der Waals surface area contributed by atoms with Crippen LogP contribution in [0.15, 0.2) is 30.3 Å². The SMILES string of the molecule is CN1CCn2c(-c3ccccc3)nc(C3CN(C=O)CCO3)c2C1. The maximum atomic E-state index is 11.1. The number of amides is 1. The molecule has 4 rings (SSSR count). The molecule has 1 aromatic heterocycles. The minimum atomic E-state index is -0.144. The maximum absolute atomic E-state index is 11.1. The second-order valence-electron chi connectivity index (χ2n) is 6.48. The van der Waals surface area contributed by atoms with E-state index in [4.69, 9.17) is 9.72 Å². The third kappa shape index (κ3) is 2.72. The molecule has 2 aliphatic heterocycles. The predicted octanol–water partition coefficient (Wildman–Crippen LogP) is 1.53. The number of carbonyl (C=O) groups is 1. The lowest BCUT2D eigenvalue weighted by atomic mass is 10.1. The summed E-state index contributed by atoms with van der Waals surface area (Å²) in [5.74, 6) is 1.00. The number of hydrogen-bond acceptors (Lipinski definition) is 4. The van der Waals surface area contributed by atoms with Gasteiger partial charge in [0.05, 0.1) is 24.5 Å². The topological polar surface area (TPSA) is 50.6 Å². The molecular weight excluding hydrogens is 304 g/mol. The Labute approximate surface area is 141 Å². The van der Waals surface area contributed by atoms with Gasteiger partial charge in [-0.1, -0.05) is 30.3 Å². The van der Waals surface area contributed by atoms with Crippen molar-refractivity contribution in [2.24, 2.45) is 0 Å². The molecule has 1 unspecified atom stereocenters. The van der Waals surface area contributed by atoms with Crippen LogP contribution in [0, 0.1) is 0 Å². The van der Waals surface area contributed by atoms with E-state index >= 15 is 0 Å². The Morgan fingerprint density at radius 2 is 2.04 bits per heavy atom. The molecule has 1 saturated heterocycles. The van der Waals surface area contributed by atoms with Crippen LogP contribution in [-0.4, -0.2) is 59.0 Å². The van der Waals surface area contributed by atoms with Crippen molar-refractivity contribution in [3.63, 3.8) is 0 Å². The summed E-state index contributed by atoms with van der Waals surface area (Å²) >= 11 is 0. The van der Waals surface area contributed by atoms with Crippen molar-refractivity contribution < 1.29 is 9.53 Å². The average molecular weight is 326 g/mol. The van der Waals surface area contributed by atoms with Gasteiger partial charge in [0.1, 0.15) is 11.9 Å². The summed E-state index contributed by atoms with van der Waals surface area (Å²) in [4.78, 5) is 20.2. The van der Waals surface area contributed by atoms with Crippen LogP contribution in [0.2, 0.25) is 0 Å². The predicted molar refractivity (Wildman–Crippen MR) is 90.3 cm³/mol. The van der Waals surface area contributed by atoms with Crippen molar-refractivity contribution in [1.29, 1.82) is 0 Å². The van der Waals surface area contributed by atoms with Gasteiger partial charge >= 0.3 is 0 Å². The Kier molecular flexibility index (Phi) is 4.08. The molecule has 6 nitrogen and oxygen atoms in total. The van der Waals surface area contributed by atoms with Gasteiger partial charge in [-0.25, -0.2) is 4.98 Å². The van der Waals surface area contributed by atoms with Crippen LogP contribution < -0.4 is 0 Å². The highest BCUT2D eigenvalue weighted by molar-refractivity contribution is 5.57. The van der Waals surface area contributed by atoms with Crippen LogP contribution in [0.4, 0.5) is 0 Å². The van der Waals surface area contributed by atoms with E-state index in [-0.39, 0.29) is 6.10 Å². The minimum absolute atomic E-state index is 0.144. The van der Waals surface area contributed by atoms with Crippen LogP contribution >= 0.6 is 0 Å². The number of ether oxygens (including phenoxy) is 1. The first-order valence-corrected chi connectivity index (χ1v) is 8.40. The monoisotopic (exact) mass is 326 g/mol. The quantitative estimate of drug-likeness (QED) is 0.803. The molecule has 3 heterocycles. The van der Waals surface area contributed by atoms with E-state index in [2.05, 4.69) is 28.6 Å². The molecule has 1 fully saturated rings. The van der Waals surface area contributed by atoms with Crippen molar-refractivity contribution in [3.8, 4) is 11.4 Å². The van der Waals surface area contributed by atoms with E-state index in [0.29, 0.717) is 19.7 Å². The first-order chi connectivity index (χ1) is 11.8. The fraction of sp³-hybridized carbons (Fsp3) is 0.444. The zero-order chi connectivity index (χ0) is 16.5. The molecule has 0 aliphatic carbocycles. The van der Waals surface area contributed by atoms with Gasteiger partial charge < -0.3 is 14.2 Å². The summed E-state index contributed by atoms with van der Waals surface area (Å²) in [6, 6.07) is 10.3. The van der Waals surface area contributed by atoms with Crippen molar-refractivity contribution in [3.05, 3.63) is 41.7 Å². The largest absolute Gasteiger partial charge is 0.368 e. The number of aromatic nitrogens is 2. The smallest absolute Gasteiger partial charge is 0.209 e. The first kappa shape index (κ1) is 15.4. The normalized spacial score (nSPS) is 21.5. The summed E-state index contributed by atoms with van der Waals surface area (Å²) in [6.45, 7) is 4.58. The number of benzene rings is 1. The second kappa shape index (κ2) is 6.37. The van der Waals surface area contributed by atoms with Gasteiger partial charge in [-0.15, -0.1) is 0 Å². The standard InChI is InChI=1S/C18H22N4O2/c1-20-7-8-22-15(11-20)17(16-12-21(13-23)9-10-24-16)19-18(22)14-5-3-2-4-6-14/h2-6,13,16H,7-12H2,1H3. The van der Waals surface area contributed by atoms with E-state index in [0.717, 1.165) is 43.1 Å². The molecule has 6 heteroatoms. The van der Waals surface area contributed by atoms with Crippen LogP contribution in [-0.2, 0) is 22.6 Å². The Morgan fingerprint density at radius 1 is 1.21 bits per heavy atom. The minimum Gasteiger partial charge on any atom is -0.368 e. The number of morpholine rings is 1. The van der Waals surface area contributed by atoms with Gasteiger partial charge in [-0.05, 0) is 7.05 Å². The number of hydrogen-bond donors (Lipinski definition) is 0. The van der Waals surface area contributed by atoms with E-state index in [1.807, 2.05) is 18.2 Å². The lowest BCUT2D eigenvalue weighted by Gasteiger charge is -2.31. The van der Waals surface area contributed by atoms with E-state index in [9.17, 15) is 4.79 Å². The Bertz CT molecular complexity index is 728. The second-order valence-corrected chi connectivity index (χ2v) is 6.48. The molecular formula is C18H22N4O2. The highest BCUT2D eigenvalue weighted by atomic mass is 16.5. The van der Waals surface area contributed by atoms with Crippen LogP contribution in [0.25, 0.3) is 11.4 Å². The van der Waals surface area contributed by atoms with Crippen molar-refractivity contribution in [2.45, 2.75) is 19.2 Å². The Morgan fingerprint density at radius 3 is 2.83 bits per heavy atom. The molecule has 0 spiro atoms. The molecule has 1 amide bonds. The van der Waals surface area contributed by atoms with Crippen molar-refractivity contribution in [2.75, 3.05) is 33.3 Å². The van der Waals surface area contributed by atoms with Gasteiger partial charge in [-0.2, -0.15) is 0 Å². The lowest BCUT2D eigenvalue weighted by Crippen LogP contribution is -2.38. The van der Waals surface area contributed by atoms with Gasteiger partial charge in [0.2, 0.25) is 6.41 Å². The van der Waals surface area contributed by atoms with Crippen molar-refractivity contribution >= 4 is 6.41 Å². The average Bonchev–Trinajstić information content (AvgIpc) is 3.01. The summed E-state index contributed by atoms with van der Waals surface area (Å²) in [7, 11) is 2.13. The van der Waals surface area contributed by atoms with Gasteiger partial charge in [-0.3, -0.25) is 9.69 Å². The number of imidazole rings is 1. The van der Waals surface area contributed by atoms with Gasteiger partial charge in [0, 0.05) is 31.7 Å². The van der Waals surface area contributed by atoms with Gasteiger partial charge in [0.25, 0.3) is 0 Å². The molecule has 1 aromatic carbocycles. The fourth-order valence-electron chi connectivity index (χ4n) is 3.51. The molecule has 0 radical (unpaired) electrons. The Hall–Kier alpha value is -2.18. The number of nitrogens with zero attached hydrogens (tertiary/aromatic N) is 4. The molecule has 2 aromatic rings. The Balaban J connectivity index is 1.76. The van der Waals surface area contributed by atoms with Crippen LogP contribution in [0.3, 0.4) is 0 Å². The summed E-state index contributed by atoms with van der Waals surface area (Å²) < 4.78 is 8.27. The molecule has 24 heavy (non-hydrogen) atoms. The first-order valence-electron chi connectivity index (χ1n) is 8.40. The summed E-state index contributed by atoms with van der Waals surface area (Å²) in [5.41, 5.74) is 3.31. The molecule has 0 bridgehead atoms. The molecule has 0 saturated carbocycles. The lowest BCUT2D eigenvalue weighted by molar-refractivity contribution is -0.125. The molecule has 0 N–H and O–H groups in total. The fourth-order valence-corrected chi connectivity index (χ4v) is 3.51. The third-order valence-electron chi connectivity index (χ3n) is 4.81. The van der Waals surface area contributed by atoms with E-state index in [1.165, 1.54) is 5.69 Å². The maximum Gasteiger partial charge on any atom is 0.209 e. The summed E-state index contributed by atoms with van der Waals surface area (Å²) in [5, 5.41) is 0. The zero-order valence-corrected chi connectivity index (χ0v) is 13.9. The van der Waals surface area contributed by atoms with Crippen molar-refractivity contribution in [1.82, 2.24) is 19.4 Å². The number of fused-ring (bicyclic) bond motifs is 1. The molecule has 126 valence electrons. The zero-order valence-electron chi connectivity index (χ0n) is 13.9. The highest BCUT2D eigenvalue weighted by Gasteiger charge is 2.30. The van der Waals surface area contributed by atoms with Crippen LogP contribution in [0.1, 0.15) is 17.5 Å². The van der Waals surface area contributed by atoms with Crippen LogP contribution in [0.5, 0.6) is 0 Å².